The molecule has 3 aromatic heterocycles. The second-order valence-electron chi connectivity index (χ2n) is 5.54. The largest absolute Gasteiger partial charge is 0.503 e. The molecule has 9 heteroatoms. The van der Waals surface area contributed by atoms with Crippen molar-refractivity contribution < 1.29 is 14.7 Å². The molecule has 1 atom stereocenters. The number of carbonyl (C=O) groups is 2. The molecule has 1 N–H and O–H groups in total. The summed E-state index contributed by atoms with van der Waals surface area (Å²) in [4.78, 5) is 31.6. The smallest absolute Gasteiger partial charge is 0.296 e. The Labute approximate surface area is 156 Å². The quantitative estimate of drug-likeness (QED) is 0.695. The Morgan fingerprint density at radius 2 is 2.12 bits per heavy atom. The Bertz CT molecular complexity index is 1010. The maximum absolute atomic E-state index is 13.0. The molecule has 26 heavy (non-hydrogen) atoms. The fraction of sp³-hybridized carbons (Fsp3) is 0.118. The average Bonchev–Trinajstić information content (AvgIpc) is 3.37. The van der Waals surface area contributed by atoms with Crippen LogP contribution in [0.1, 0.15) is 26.3 Å². The summed E-state index contributed by atoms with van der Waals surface area (Å²) in [7, 11) is 0. The first-order valence-electron chi connectivity index (χ1n) is 7.63. The van der Waals surface area contributed by atoms with Gasteiger partial charge in [0.2, 0.25) is 10.9 Å². The summed E-state index contributed by atoms with van der Waals surface area (Å²) in [6.45, 7) is 1.77. The van der Waals surface area contributed by atoms with Gasteiger partial charge in [-0.05, 0) is 30.0 Å². The number of Topliss-reactive ketones (excluding diaryl/α,β-unsaturated/α-hetero) is 1. The number of thiophene rings is 1. The van der Waals surface area contributed by atoms with Crippen LogP contribution in [0.2, 0.25) is 0 Å². The molecule has 0 fully saturated rings. The predicted octanol–water partition coefficient (Wildman–Crippen LogP) is 3.09. The molecule has 0 spiro atoms. The maximum atomic E-state index is 13.0. The van der Waals surface area contributed by atoms with Crippen LogP contribution in [0.5, 0.6) is 0 Å². The zero-order valence-corrected chi connectivity index (χ0v) is 15.1. The number of carbonyl (C=O) groups excluding carboxylic acids is 2. The van der Waals surface area contributed by atoms with Gasteiger partial charge in [0, 0.05) is 12.4 Å². The van der Waals surface area contributed by atoms with Crippen LogP contribution in [-0.2, 0) is 4.79 Å². The lowest BCUT2D eigenvalue weighted by Crippen LogP contribution is -2.31. The number of pyridine rings is 1. The van der Waals surface area contributed by atoms with Gasteiger partial charge < -0.3 is 5.11 Å². The van der Waals surface area contributed by atoms with Gasteiger partial charge in [-0.15, -0.1) is 21.5 Å². The minimum absolute atomic E-state index is 0.0262. The first kappa shape index (κ1) is 16.6. The summed E-state index contributed by atoms with van der Waals surface area (Å²) in [6, 6.07) is 6.07. The molecule has 7 nitrogen and oxygen atoms in total. The van der Waals surface area contributed by atoms with Gasteiger partial charge >= 0.3 is 0 Å². The maximum Gasteiger partial charge on any atom is 0.296 e. The first-order chi connectivity index (χ1) is 12.6. The van der Waals surface area contributed by atoms with E-state index in [0.29, 0.717) is 20.6 Å². The third kappa shape index (κ3) is 2.61. The highest BCUT2D eigenvalue weighted by atomic mass is 32.1. The van der Waals surface area contributed by atoms with Crippen LogP contribution < -0.4 is 4.90 Å². The van der Waals surface area contributed by atoms with Gasteiger partial charge in [-0.1, -0.05) is 23.5 Å². The molecular formula is C17H12N4O3S2. The summed E-state index contributed by atoms with van der Waals surface area (Å²) in [6.07, 6.45) is 3.17. The van der Waals surface area contributed by atoms with E-state index in [0.717, 1.165) is 0 Å². The monoisotopic (exact) mass is 384 g/mol. The van der Waals surface area contributed by atoms with Gasteiger partial charge in [0.15, 0.2) is 5.76 Å². The molecule has 0 bridgehead atoms. The lowest BCUT2D eigenvalue weighted by Gasteiger charge is -2.23. The van der Waals surface area contributed by atoms with E-state index in [-0.39, 0.29) is 11.4 Å². The number of amides is 1. The van der Waals surface area contributed by atoms with E-state index in [9.17, 15) is 14.7 Å². The fourth-order valence-corrected chi connectivity index (χ4v) is 4.20. The molecule has 0 unspecified atom stereocenters. The molecule has 0 aliphatic carbocycles. The number of nitrogens with zero attached hydrogens (tertiary/aromatic N) is 4. The van der Waals surface area contributed by atoms with E-state index in [2.05, 4.69) is 15.2 Å². The first-order valence-corrected chi connectivity index (χ1v) is 9.32. The zero-order valence-electron chi connectivity index (χ0n) is 13.5. The van der Waals surface area contributed by atoms with E-state index in [1.807, 2.05) is 0 Å². The Balaban J connectivity index is 1.88. The number of hydrogen-bond donors (Lipinski definition) is 1. The third-order valence-electron chi connectivity index (χ3n) is 3.92. The standard InChI is InChI=1S/C17H12N4O3S2/c1-9-19-20-17(26-9)21-13(10-4-2-6-18-8-10)12(15(23)16(21)24)14(22)11-5-3-7-25-11/h2-8,13,23H,1H3/t13-/m0/s1. The van der Waals surface area contributed by atoms with Crippen molar-refractivity contribution >= 4 is 39.5 Å². The molecule has 130 valence electrons. The molecule has 0 saturated heterocycles. The second-order valence-corrected chi connectivity index (χ2v) is 7.64. The van der Waals surface area contributed by atoms with Crippen molar-refractivity contribution in [3.8, 4) is 0 Å². The molecule has 1 aliphatic heterocycles. The topological polar surface area (TPSA) is 96.3 Å². The van der Waals surface area contributed by atoms with Crippen molar-refractivity contribution in [2.75, 3.05) is 4.90 Å². The van der Waals surface area contributed by atoms with E-state index in [4.69, 9.17) is 0 Å². The second kappa shape index (κ2) is 6.43. The molecule has 4 rings (SSSR count). The highest BCUT2D eigenvalue weighted by molar-refractivity contribution is 7.15. The molecule has 1 amide bonds. The number of aromatic nitrogens is 3. The molecule has 0 saturated carbocycles. The summed E-state index contributed by atoms with van der Waals surface area (Å²) in [5, 5.41) is 21.2. The van der Waals surface area contributed by atoms with Gasteiger partial charge in [0.05, 0.1) is 16.5 Å². The Morgan fingerprint density at radius 3 is 2.73 bits per heavy atom. The van der Waals surface area contributed by atoms with Gasteiger partial charge in [-0.3, -0.25) is 19.5 Å². The number of rotatable bonds is 4. The number of anilines is 1. The summed E-state index contributed by atoms with van der Waals surface area (Å²) < 4.78 is 0. The van der Waals surface area contributed by atoms with Gasteiger partial charge in [0.25, 0.3) is 5.91 Å². The third-order valence-corrected chi connectivity index (χ3v) is 5.63. The number of aliphatic hydroxyl groups excluding tert-OH is 1. The van der Waals surface area contributed by atoms with Crippen LogP contribution in [0.15, 0.2) is 53.4 Å². The van der Waals surface area contributed by atoms with Crippen molar-refractivity contribution in [2.45, 2.75) is 13.0 Å². The van der Waals surface area contributed by atoms with E-state index >= 15 is 0 Å². The fourth-order valence-electron chi connectivity index (χ4n) is 2.81. The van der Waals surface area contributed by atoms with Crippen LogP contribution in [-0.4, -0.2) is 32.0 Å². The number of ketones is 1. The molecule has 0 aromatic carbocycles. The number of aliphatic hydroxyl groups is 1. The lowest BCUT2D eigenvalue weighted by atomic mass is 9.97. The summed E-state index contributed by atoms with van der Waals surface area (Å²) >= 11 is 2.47. The average molecular weight is 384 g/mol. The molecule has 0 radical (unpaired) electrons. The lowest BCUT2D eigenvalue weighted by molar-refractivity contribution is -0.117. The van der Waals surface area contributed by atoms with Crippen molar-refractivity contribution in [1.82, 2.24) is 15.2 Å². The van der Waals surface area contributed by atoms with Gasteiger partial charge in [-0.25, -0.2) is 0 Å². The molecular weight excluding hydrogens is 372 g/mol. The Hall–Kier alpha value is -2.91. The van der Waals surface area contributed by atoms with Crippen LogP contribution in [0.25, 0.3) is 0 Å². The molecule has 3 aromatic rings. The minimum Gasteiger partial charge on any atom is -0.503 e. The zero-order chi connectivity index (χ0) is 18.3. The summed E-state index contributed by atoms with van der Waals surface area (Å²) in [5.41, 5.74) is 0.635. The predicted molar refractivity (Wildman–Crippen MR) is 97.4 cm³/mol. The van der Waals surface area contributed by atoms with Crippen LogP contribution in [0.4, 0.5) is 5.13 Å². The number of aryl methyl sites for hydroxylation is 1. The van der Waals surface area contributed by atoms with E-state index < -0.39 is 17.7 Å². The summed E-state index contributed by atoms with van der Waals surface area (Å²) in [5.74, 6) is -1.62. The van der Waals surface area contributed by atoms with Crippen molar-refractivity contribution in [1.29, 1.82) is 0 Å². The Kier molecular flexibility index (Phi) is 4.09. The van der Waals surface area contributed by atoms with Crippen LogP contribution in [0, 0.1) is 6.92 Å². The molecule has 4 heterocycles. The van der Waals surface area contributed by atoms with Crippen molar-refractivity contribution in [2.24, 2.45) is 0 Å². The van der Waals surface area contributed by atoms with E-state index in [1.165, 1.54) is 27.6 Å². The highest BCUT2D eigenvalue weighted by Gasteiger charge is 2.46. The van der Waals surface area contributed by atoms with Gasteiger partial charge in [-0.2, -0.15) is 0 Å². The number of hydrogen-bond acceptors (Lipinski definition) is 8. The minimum atomic E-state index is -0.807. The van der Waals surface area contributed by atoms with Gasteiger partial charge in [0.1, 0.15) is 5.01 Å². The normalized spacial score (nSPS) is 17.2. The Morgan fingerprint density at radius 1 is 1.27 bits per heavy atom. The van der Waals surface area contributed by atoms with Crippen LogP contribution >= 0.6 is 22.7 Å². The highest BCUT2D eigenvalue weighted by Crippen LogP contribution is 2.42. The van der Waals surface area contributed by atoms with Crippen molar-refractivity contribution in [3.63, 3.8) is 0 Å². The van der Waals surface area contributed by atoms with Crippen LogP contribution in [0.3, 0.4) is 0 Å². The van der Waals surface area contributed by atoms with E-state index in [1.54, 1.807) is 49.0 Å². The SMILES string of the molecule is Cc1nnc(N2C(=O)C(O)=C(C(=O)c3cccs3)[C@@H]2c2cccnc2)s1. The van der Waals surface area contributed by atoms with Crippen molar-refractivity contribution in [3.05, 3.63) is 68.8 Å². The molecule has 1 aliphatic rings.